The van der Waals surface area contributed by atoms with Gasteiger partial charge < -0.3 is 10.5 Å². The summed E-state index contributed by atoms with van der Waals surface area (Å²) < 4.78 is 5.13. The molecule has 2 rings (SSSR count). The molecule has 1 aromatic carbocycles. The summed E-state index contributed by atoms with van der Waals surface area (Å²) in [5.41, 5.74) is 7.43. The Morgan fingerprint density at radius 1 is 1.11 bits per heavy atom. The van der Waals surface area contributed by atoms with Crippen LogP contribution in [0.5, 0.6) is 5.88 Å². The number of ether oxygens (including phenoxy) is 1. The Hall–Kier alpha value is -1.36. The summed E-state index contributed by atoms with van der Waals surface area (Å²) in [5, 5.41) is 1.05. The second-order valence-corrected chi connectivity index (χ2v) is 4.50. The van der Waals surface area contributed by atoms with E-state index in [0.29, 0.717) is 21.6 Å². The van der Waals surface area contributed by atoms with Crippen molar-refractivity contribution in [2.75, 3.05) is 7.11 Å². The first kappa shape index (κ1) is 13.1. The van der Waals surface area contributed by atoms with Crippen LogP contribution in [-0.2, 0) is 0 Å². The van der Waals surface area contributed by atoms with E-state index in [1.807, 2.05) is 0 Å². The highest BCUT2D eigenvalue weighted by molar-refractivity contribution is 6.34. The number of nitrogens with two attached hydrogens (primary N) is 1. The topological polar surface area (TPSA) is 61.0 Å². The van der Waals surface area contributed by atoms with Crippen LogP contribution in [0.1, 0.15) is 17.3 Å². The van der Waals surface area contributed by atoms with Gasteiger partial charge in [0, 0.05) is 22.4 Å². The molecule has 94 valence electrons. The molecule has 1 heterocycles. The van der Waals surface area contributed by atoms with Crippen molar-refractivity contribution in [2.45, 2.75) is 6.04 Å². The molecular formula is C12H11Cl2N3O. The summed E-state index contributed by atoms with van der Waals surface area (Å²) in [7, 11) is 1.52. The maximum Gasteiger partial charge on any atom is 0.237 e. The molecule has 0 bridgehead atoms. The predicted molar refractivity (Wildman–Crippen MR) is 71.1 cm³/mol. The normalized spacial score (nSPS) is 12.2. The first-order valence-corrected chi connectivity index (χ1v) is 5.94. The molecule has 0 aliphatic rings. The zero-order valence-corrected chi connectivity index (χ0v) is 11.1. The molecule has 0 saturated carbocycles. The Balaban J connectivity index is 2.44. The molecule has 2 N–H and O–H groups in total. The quantitative estimate of drug-likeness (QED) is 0.941. The molecule has 0 spiro atoms. The van der Waals surface area contributed by atoms with Gasteiger partial charge in [0.25, 0.3) is 0 Å². The number of methoxy groups -OCH3 is 1. The summed E-state index contributed by atoms with van der Waals surface area (Å²) in [5.74, 6) is 0.390. The zero-order chi connectivity index (χ0) is 13.1. The lowest BCUT2D eigenvalue weighted by Gasteiger charge is -2.14. The van der Waals surface area contributed by atoms with Gasteiger partial charge in [-0.05, 0) is 23.8 Å². The van der Waals surface area contributed by atoms with E-state index >= 15 is 0 Å². The summed E-state index contributed by atoms with van der Waals surface area (Å²) in [6.45, 7) is 0. The minimum Gasteiger partial charge on any atom is -0.480 e. The SMILES string of the molecule is COc1nccnc1C(N)c1cc(Cl)cc(Cl)c1. The molecule has 0 aliphatic heterocycles. The van der Waals surface area contributed by atoms with E-state index < -0.39 is 6.04 Å². The van der Waals surface area contributed by atoms with Gasteiger partial charge in [-0.15, -0.1) is 0 Å². The van der Waals surface area contributed by atoms with Crippen molar-refractivity contribution in [1.82, 2.24) is 9.97 Å². The highest BCUT2D eigenvalue weighted by Crippen LogP contribution is 2.28. The van der Waals surface area contributed by atoms with Crippen LogP contribution in [0, 0.1) is 0 Å². The molecule has 0 saturated heterocycles. The molecular weight excluding hydrogens is 273 g/mol. The third-order valence-electron chi connectivity index (χ3n) is 2.42. The van der Waals surface area contributed by atoms with Crippen molar-refractivity contribution < 1.29 is 4.74 Å². The second-order valence-electron chi connectivity index (χ2n) is 3.63. The van der Waals surface area contributed by atoms with E-state index in [0.717, 1.165) is 5.56 Å². The number of rotatable bonds is 3. The molecule has 1 unspecified atom stereocenters. The van der Waals surface area contributed by atoms with E-state index in [2.05, 4.69) is 9.97 Å². The Morgan fingerprint density at radius 3 is 2.33 bits per heavy atom. The number of hydrogen-bond donors (Lipinski definition) is 1. The van der Waals surface area contributed by atoms with Gasteiger partial charge >= 0.3 is 0 Å². The van der Waals surface area contributed by atoms with Gasteiger partial charge in [-0.3, -0.25) is 4.98 Å². The van der Waals surface area contributed by atoms with E-state index in [1.165, 1.54) is 7.11 Å². The van der Waals surface area contributed by atoms with Crippen LogP contribution >= 0.6 is 23.2 Å². The van der Waals surface area contributed by atoms with Crippen LogP contribution in [-0.4, -0.2) is 17.1 Å². The van der Waals surface area contributed by atoms with Crippen molar-refractivity contribution in [3.05, 3.63) is 51.9 Å². The molecule has 4 nitrogen and oxygen atoms in total. The molecule has 0 fully saturated rings. The fourth-order valence-corrected chi connectivity index (χ4v) is 2.16. The highest BCUT2D eigenvalue weighted by atomic mass is 35.5. The fraction of sp³-hybridized carbons (Fsp3) is 0.167. The molecule has 2 aromatic rings. The lowest BCUT2D eigenvalue weighted by atomic mass is 10.0. The maximum absolute atomic E-state index is 6.13. The van der Waals surface area contributed by atoms with Crippen LogP contribution in [0.3, 0.4) is 0 Å². The Morgan fingerprint density at radius 2 is 1.72 bits per heavy atom. The Labute approximate surface area is 115 Å². The van der Waals surface area contributed by atoms with Gasteiger partial charge in [0.05, 0.1) is 13.2 Å². The molecule has 0 aliphatic carbocycles. The summed E-state index contributed by atoms with van der Waals surface area (Å²) in [4.78, 5) is 8.24. The minimum atomic E-state index is -0.496. The van der Waals surface area contributed by atoms with E-state index in [4.69, 9.17) is 33.7 Å². The van der Waals surface area contributed by atoms with Crippen molar-refractivity contribution in [1.29, 1.82) is 0 Å². The van der Waals surface area contributed by atoms with Crippen LogP contribution in [0.4, 0.5) is 0 Å². The number of halogens is 2. The highest BCUT2D eigenvalue weighted by Gasteiger charge is 2.17. The van der Waals surface area contributed by atoms with Crippen molar-refractivity contribution >= 4 is 23.2 Å². The van der Waals surface area contributed by atoms with Gasteiger partial charge in [0.15, 0.2) is 0 Å². The van der Waals surface area contributed by atoms with Crippen LogP contribution in [0.25, 0.3) is 0 Å². The molecule has 6 heteroatoms. The molecule has 1 atom stereocenters. The molecule has 1 aromatic heterocycles. The van der Waals surface area contributed by atoms with Crippen molar-refractivity contribution in [3.8, 4) is 5.88 Å². The van der Waals surface area contributed by atoms with E-state index in [-0.39, 0.29) is 0 Å². The third-order valence-corrected chi connectivity index (χ3v) is 2.86. The van der Waals surface area contributed by atoms with Crippen LogP contribution in [0.2, 0.25) is 10.0 Å². The molecule has 18 heavy (non-hydrogen) atoms. The van der Waals surface area contributed by atoms with Gasteiger partial charge in [0.1, 0.15) is 5.69 Å². The van der Waals surface area contributed by atoms with Gasteiger partial charge in [0.2, 0.25) is 5.88 Å². The van der Waals surface area contributed by atoms with E-state index in [9.17, 15) is 0 Å². The largest absolute Gasteiger partial charge is 0.480 e. The summed E-state index contributed by atoms with van der Waals surface area (Å²) in [6, 6.07) is 4.64. The average Bonchev–Trinajstić information content (AvgIpc) is 2.36. The Bertz CT molecular complexity index is 543. The van der Waals surface area contributed by atoms with Crippen LogP contribution < -0.4 is 10.5 Å². The predicted octanol–water partition coefficient (Wildman–Crippen LogP) is 2.84. The number of hydrogen-bond acceptors (Lipinski definition) is 4. The first-order chi connectivity index (χ1) is 8.61. The fourth-order valence-electron chi connectivity index (χ4n) is 1.62. The molecule has 0 radical (unpaired) electrons. The van der Waals surface area contributed by atoms with E-state index in [1.54, 1.807) is 30.6 Å². The monoisotopic (exact) mass is 283 g/mol. The standard InChI is InChI=1S/C12H11Cl2N3O/c1-18-12-11(16-2-3-17-12)10(15)7-4-8(13)6-9(14)5-7/h2-6,10H,15H2,1H3. The summed E-state index contributed by atoms with van der Waals surface area (Å²) >= 11 is 11.9. The first-order valence-electron chi connectivity index (χ1n) is 5.18. The second kappa shape index (κ2) is 5.52. The minimum absolute atomic E-state index is 0.390. The zero-order valence-electron chi connectivity index (χ0n) is 9.60. The van der Waals surface area contributed by atoms with Crippen molar-refractivity contribution in [2.24, 2.45) is 5.73 Å². The van der Waals surface area contributed by atoms with Crippen LogP contribution in [0.15, 0.2) is 30.6 Å². The Kier molecular flexibility index (Phi) is 4.01. The molecule has 0 amide bonds. The number of aromatic nitrogens is 2. The lowest BCUT2D eigenvalue weighted by molar-refractivity contribution is 0.387. The number of benzene rings is 1. The third kappa shape index (κ3) is 2.72. The summed E-state index contributed by atoms with van der Waals surface area (Å²) in [6.07, 6.45) is 3.10. The lowest BCUT2D eigenvalue weighted by Crippen LogP contribution is -2.15. The van der Waals surface area contributed by atoms with Gasteiger partial charge in [-0.2, -0.15) is 0 Å². The smallest absolute Gasteiger partial charge is 0.237 e. The van der Waals surface area contributed by atoms with Crippen molar-refractivity contribution in [3.63, 3.8) is 0 Å². The van der Waals surface area contributed by atoms with Gasteiger partial charge in [-0.1, -0.05) is 23.2 Å². The average molecular weight is 284 g/mol. The number of nitrogens with zero attached hydrogens (tertiary/aromatic N) is 2. The maximum atomic E-state index is 6.13. The van der Waals surface area contributed by atoms with Gasteiger partial charge in [-0.25, -0.2) is 4.98 Å².